The van der Waals surface area contributed by atoms with E-state index in [-0.39, 0.29) is 0 Å². The zero-order chi connectivity index (χ0) is 12.1. The number of aryl methyl sites for hydroxylation is 1. The largest absolute Gasteiger partial charge is 0.381 e. The fourth-order valence-electron chi connectivity index (χ4n) is 2.60. The van der Waals surface area contributed by atoms with Crippen LogP contribution in [0.2, 0.25) is 0 Å². The maximum absolute atomic E-state index is 5.43. The summed E-state index contributed by atoms with van der Waals surface area (Å²) in [6, 6.07) is 8.93. The summed E-state index contributed by atoms with van der Waals surface area (Å²) in [6.45, 7) is 4.07. The fourth-order valence-corrected chi connectivity index (χ4v) is 3.23. The summed E-state index contributed by atoms with van der Waals surface area (Å²) in [5.74, 6) is 1.49. The van der Waals surface area contributed by atoms with Crippen LogP contribution >= 0.6 is 15.9 Å². The van der Waals surface area contributed by atoms with Crippen molar-refractivity contribution in [1.29, 1.82) is 0 Å². The third-order valence-corrected chi connectivity index (χ3v) is 4.44. The molecule has 1 aromatic rings. The number of hydrogen-bond acceptors (Lipinski definition) is 1. The van der Waals surface area contributed by atoms with E-state index in [0.717, 1.165) is 24.5 Å². The molecule has 0 saturated carbocycles. The molecule has 1 aliphatic rings. The highest BCUT2D eigenvalue weighted by Crippen LogP contribution is 2.30. The lowest BCUT2D eigenvalue weighted by Crippen LogP contribution is -2.18. The summed E-state index contributed by atoms with van der Waals surface area (Å²) < 4.78 is 5.43. The van der Waals surface area contributed by atoms with E-state index in [2.05, 4.69) is 47.1 Å². The second kappa shape index (κ2) is 6.55. The molecule has 0 N–H and O–H groups in total. The summed E-state index contributed by atoms with van der Waals surface area (Å²) >= 11 is 3.67. The summed E-state index contributed by atoms with van der Waals surface area (Å²) in [5.41, 5.74) is 2.84. The third kappa shape index (κ3) is 3.82. The molecule has 0 aromatic heterocycles. The van der Waals surface area contributed by atoms with Crippen molar-refractivity contribution >= 4 is 15.9 Å². The van der Waals surface area contributed by atoms with Gasteiger partial charge >= 0.3 is 0 Å². The van der Waals surface area contributed by atoms with Crippen molar-refractivity contribution in [2.24, 2.45) is 5.92 Å². The average molecular weight is 297 g/mol. The van der Waals surface area contributed by atoms with E-state index in [0.29, 0.717) is 5.92 Å². The maximum Gasteiger partial charge on any atom is 0.0468 e. The Balaban J connectivity index is 2.00. The molecule has 1 fully saturated rings. The molecule has 1 saturated heterocycles. The number of benzene rings is 1. The Labute approximate surface area is 113 Å². The van der Waals surface area contributed by atoms with Crippen LogP contribution in [0, 0.1) is 12.8 Å². The van der Waals surface area contributed by atoms with Gasteiger partial charge in [0.1, 0.15) is 0 Å². The molecule has 1 aromatic carbocycles. The van der Waals surface area contributed by atoms with Crippen LogP contribution in [-0.2, 0) is 4.74 Å². The van der Waals surface area contributed by atoms with Gasteiger partial charge in [-0.2, -0.15) is 0 Å². The molecule has 94 valence electrons. The predicted octanol–water partition coefficient (Wildman–Crippen LogP) is 4.29. The first-order chi connectivity index (χ1) is 8.29. The van der Waals surface area contributed by atoms with Gasteiger partial charge in [-0.3, -0.25) is 0 Å². The standard InChI is InChI=1S/C15H21BrO/c1-12-3-2-4-14(9-12)15(11-16)10-13-5-7-17-8-6-13/h2-4,9,13,15H,5-8,10-11H2,1H3. The van der Waals surface area contributed by atoms with Crippen molar-refractivity contribution < 1.29 is 4.74 Å². The van der Waals surface area contributed by atoms with Gasteiger partial charge in [0.05, 0.1) is 0 Å². The number of halogens is 1. The van der Waals surface area contributed by atoms with Crippen LogP contribution in [0.4, 0.5) is 0 Å². The van der Waals surface area contributed by atoms with E-state index >= 15 is 0 Å². The average Bonchev–Trinajstić information content (AvgIpc) is 2.37. The topological polar surface area (TPSA) is 9.23 Å². The molecule has 2 rings (SSSR count). The van der Waals surface area contributed by atoms with E-state index in [4.69, 9.17) is 4.74 Å². The van der Waals surface area contributed by atoms with Gasteiger partial charge in [0, 0.05) is 18.5 Å². The first-order valence-corrected chi connectivity index (χ1v) is 7.62. The van der Waals surface area contributed by atoms with Crippen molar-refractivity contribution in [3.63, 3.8) is 0 Å². The third-order valence-electron chi connectivity index (χ3n) is 3.66. The quantitative estimate of drug-likeness (QED) is 0.753. The molecular weight excluding hydrogens is 276 g/mol. The van der Waals surface area contributed by atoms with Crippen LogP contribution in [0.25, 0.3) is 0 Å². The van der Waals surface area contributed by atoms with Crippen molar-refractivity contribution in [3.05, 3.63) is 35.4 Å². The van der Waals surface area contributed by atoms with Crippen LogP contribution in [0.15, 0.2) is 24.3 Å². The van der Waals surface area contributed by atoms with Gasteiger partial charge in [-0.05, 0) is 43.6 Å². The van der Waals surface area contributed by atoms with Crippen molar-refractivity contribution in [3.8, 4) is 0 Å². The van der Waals surface area contributed by atoms with Crippen LogP contribution in [0.5, 0.6) is 0 Å². The number of alkyl halides is 1. The highest BCUT2D eigenvalue weighted by atomic mass is 79.9. The molecule has 0 radical (unpaired) electrons. The minimum absolute atomic E-state index is 0.651. The number of rotatable bonds is 4. The van der Waals surface area contributed by atoms with Gasteiger partial charge in [-0.1, -0.05) is 45.8 Å². The minimum Gasteiger partial charge on any atom is -0.381 e. The summed E-state index contributed by atoms with van der Waals surface area (Å²) in [6.07, 6.45) is 3.75. The first-order valence-electron chi connectivity index (χ1n) is 6.50. The highest BCUT2D eigenvalue weighted by Gasteiger charge is 2.19. The van der Waals surface area contributed by atoms with Gasteiger partial charge in [0.25, 0.3) is 0 Å². The Morgan fingerprint density at radius 1 is 1.35 bits per heavy atom. The number of ether oxygens (including phenoxy) is 1. The van der Waals surface area contributed by atoms with Crippen LogP contribution in [-0.4, -0.2) is 18.5 Å². The van der Waals surface area contributed by atoms with Gasteiger partial charge in [-0.15, -0.1) is 0 Å². The summed E-state index contributed by atoms with van der Waals surface area (Å²) in [5, 5.41) is 1.06. The predicted molar refractivity (Wildman–Crippen MR) is 75.9 cm³/mol. The Hall–Kier alpha value is -0.340. The van der Waals surface area contributed by atoms with E-state index in [1.54, 1.807) is 0 Å². The van der Waals surface area contributed by atoms with Gasteiger partial charge in [0.2, 0.25) is 0 Å². The molecule has 2 heteroatoms. The van der Waals surface area contributed by atoms with Gasteiger partial charge < -0.3 is 4.74 Å². The monoisotopic (exact) mass is 296 g/mol. The zero-order valence-electron chi connectivity index (χ0n) is 10.5. The molecule has 1 atom stereocenters. The molecule has 17 heavy (non-hydrogen) atoms. The Kier molecular flexibility index (Phi) is 5.05. The highest BCUT2D eigenvalue weighted by molar-refractivity contribution is 9.09. The Morgan fingerprint density at radius 2 is 2.12 bits per heavy atom. The molecular formula is C15H21BrO. The Morgan fingerprint density at radius 3 is 2.76 bits per heavy atom. The minimum atomic E-state index is 0.651. The second-order valence-corrected chi connectivity index (χ2v) is 5.70. The molecule has 0 bridgehead atoms. The van der Waals surface area contributed by atoms with Crippen molar-refractivity contribution in [2.45, 2.75) is 32.1 Å². The molecule has 1 unspecified atom stereocenters. The number of hydrogen-bond donors (Lipinski definition) is 0. The van der Waals surface area contributed by atoms with E-state index in [1.165, 1.54) is 30.4 Å². The van der Waals surface area contributed by atoms with Gasteiger partial charge in [-0.25, -0.2) is 0 Å². The normalized spacial score (nSPS) is 19.2. The summed E-state index contributed by atoms with van der Waals surface area (Å²) in [7, 11) is 0. The lowest BCUT2D eigenvalue weighted by atomic mass is 9.86. The zero-order valence-corrected chi connectivity index (χ0v) is 12.1. The van der Waals surface area contributed by atoms with E-state index in [9.17, 15) is 0 Å². The lowest BCUT2D eigenvalue weighted by molar-refractivity contribution is 0.0623. The van der Waals surface area contributed by atoms with Crippen LogP contribution in [0.3, 0.4) is 0 Å². The van der Waals surface area contributed by atoms with Crippen LogP contribution in [0.1, 0.15) is 36.3 Å². The molecule has 0 amide bonds. The summed E-state index contributed by atoms with van der Waals surface area (Å²) in [4.78, 5) is 0. The molecule has 0 aliphatic carbocycles. The molecule has 1 aliphatic heterocycles. The van der Waals surface area contributed by atoms with Crippen molar-refractivity contribution in [1.82, 2.24) is 0 Å². The van der Waals surface area contributed by atoms with Crippen molar-refractivity contribution in [2.75, 3.05) is 18.5 Å². The maximum atomic E-state index is 5.43. The van der Waals surface area contributed by atoms with E-state index in [1.807, 2.05) is 0 Å². The van der Waals surface area contributed by atoms with E-state index < -0.39 is 0 Å². The SMILES string of the molecule is Cc1cccc(C(CBr)CC2CCOCC2)c1. The van der Waals surface area contributed by atoms with Gasteiger partial charge in [0.15, 0.2) is 0 Å². The first kappa shape index (κ1) is 13.1. The smallest absolute Gasteiger partial charge is 0.0468 e. The molecule has 1 nitrogen and oxygen atoms in total. The second-order valence-electron chi connectivity index (χ2n) is 5.06. The fraction of sp³-hybridized carbons (Fsp3) is 0.600. The Bertz CT molecular complexity index is 345. The van der Waals surface area contributed by atoms with Crippen LogP contribution < -0.4 is 0 Å². The lowest BCUT2D eigenvalue weighted by Gasteiger charge is -2.26. The molecule has 0 spiro atoms. The molecule has 1 heterocycles.